The molecule has 0 saturated heterocycles. The smallest absolute Gasteiger partial charge is 0.416 e. The number of nitrogens with zero attached hydrogens (tertiary/aromatic N) is 1. The van der Waals surface area contributed by atoms with Crippen molar-refractivity contribution in [2.75, 3.05) is 0 Å². The van der Waals surface area contributed by atoms with E-state index in [1.807, 2.05) is 0 Å². The van der Waals surface area contributed by atoms with E-state index in [2.05, 4.69) is 4.98 Å². The molecule has 0 amide bonds. The third kappa shape index (κ3) is 2.98. The molecule has 0 bridgehead atoms. The summed E-state index contributed by atoms with van der Waals surface area (Å²) in [6.45, 7) is 1.47. The Bertz CT molecular complexity index is 647. The summed E-state index contributed by atoms with van der Waals surface area (Å²) in [4.78, 5) is 14.8. The number of hydrogen-bond donors (Lipinski definition) is 1. The van der Waals surface area contributed by atoms with Crippen LogP contribution in [0.1, 0.15) is 33.3 Å². The second-order valence-electron chi connectivity index (χ2n) is 4.19. The Morgan fingerprint density at radius 1 is 1.40 bits per heavy atom. The molecule has 1 heterocycles. The molecule has 0 fully saturated rings. The molecular formula is C13H10F3NO3. The van der Waals surface area contributed by atoms with Crippen LogP contribution >= 0.6 is 0 Å². The van der Waals surface area contributed by atoms with Gasteiger partial charge in [-0.05, 0) is 11.6 Å². The summed E-state index contributed by atoms with van der Waals surface area (Å²) in [5.41, 5.74) is -0.364. The molecule has 1 aromatic heterocycles. The topological polar surface area (TPSA) is 63.3 Å². The van der Waals surface area contributed by atoms with Crippen molar-refractivity contribution in [1.29, 1.82) is 0 Å². The molecule has 0 unspecified atom stereocenters. The first-order valence-electron chi connectivity index (χ1n) is 5.63. The normalized spacial score (nSPS) is 11.6. The molecule has 20 heavy (non-hydrogen) atoms. The zero-order valence-electron chi connectivity index (χ0n) is 10.4. The summed E-state index contributed by atoms with van der Waals surface area (Å²) in [5, 5.41) is 8.93. The predicted octanol–water partition coefficient (Wildman–Crippen LogP) is 3.29. The first-order chi connectivity index (χ1) is 9.27. The lowest BCUT2D eigenvalue weighted by Gasteiger charge is -2.08. The van der Waals surface area contributed by atoms with Crippen LogP contribution < -0.4 is 0 Å². The number of oxazole rings is 1. The molecule has 0 aliphatic rings. The highest BCUT2D eigenvalue weighted by Crippen LogP contribution is 2.30. The Hall–Kier alpha value is -2.31. The van der Waals surface area contributed by atoms with Gasteiger partial charge in [0.2, 0.25) is 5.76 Å². The number of halogens is 3. The number of carboxylic acids is 1. The minimum Gasteiger partial charge on any atom is -0.475 e. The summed E-state index contributed by atoms with van der Waals surface area (Å²) >= 11 is 0. The van der Waals surface area contributed by atoms with E-state index in [-0.39, 0.29) is 23.8 Å². The molecule has 0 atom stereocenters. The summed E-state index contributed by atoms with van der Waals surface area (Å²) in [6, 6.07) is 4.67. The number of aromatic nitrogens is 1. The standard InChI is InChI=1S/C13H10F3NO3/c1-7-17-10(11(20-7)12(18)19)6-8-3-2-4-9(5-8)13(14,15)16/h2-5H,6H2,1H3,(H,18,19). The van der Waals surface area contributed by atoms with Gasteiger partial charge in [0.05, 0.1) is 11.3 Å². The van der Waals surface area contributed by atoms with Crippen molar-refractivity contribution in [3.05, 3.63) is 52.7 Å². The molecule has 1 N–H and O–H groups in total. The molecule has 0 aliphatic heterocycles. The average Bonchev–Trinajstić information content (AvgIpc) is 2.69. The number of alkyl halides is 3. The highest BCUT2D eigenvalue weighted by Gasteiger charge is 2.30. The largest absolute Gasteiger partial charge is 0.475 e. The van der Waals surface area contributed by atoms with Gasteiger partial charge in [0.1, 0.15) is 0 Å². The van der Waals surface area contributed by atoms with Gasteiger partial charge in [-0.3, -0.25) is 0 Å². The molecule has 1 aromatic carbocycles. The van der Waals surface area contributed by atoms with Crippen LogP contribution in [-0.4, -0.2) is 16.1 Å². The molecule has 2 aromatic rings. The van der Waals surface area contributed by atoms with E-state index in [0.29, 0.717) is 5.56 Å². The van der Waals surface area contributed by atoms with Gasteiger partial charge in [0.25, 0.3) is 0 Å². The fourth-order valence-electron chi connectivity index (χ4n) is 1.81. The van der Waals surface area contributed by atoms with E-state index in [4.69, 9.17) is 9.52 Å². The van der Waals surface area contributed by atoms with Crippen molar-refractivity contribution in [3.63, 3.8) is 0 Å². The van der Waals surface area contributed by atoms with Gasteiger partial charge >= 0.3 is 12.1 Å². The molecule has 0 spiro atoms. The number of benzene rings is 1. The number of aryl methyl sites for hydroxylation is 1. The van der Waals surface area contributed by atoms with Crippen LogP contribution in [0.3, 0.4) is 0 Å². The quantitative estimate of drug-likeness (QED) is 0.939. The van der Waals surface area contributed by atoms with Gasteiger partial charge < -0.3 is 9.52 Å². The van der Waals surface area contributed by atoms with Crippen LogP contribution in [0, 0.1) is 6.92 Å². The second kappa shape index (κ2) is 4.99. The molecule has 106 valence electrons. The van der Waals surface area contributed by atoms with Crippen LogP contribution in [0.25, 0.3) is 0 Å². The van der Waals surface area contributed by atoms with Gasteiger partial charge in [-0.15, -0.1) is 0 Å². The van der Waals surface area contributed by atoms with Gasteiger partial charge in [-0.1, -0.05) is 18.2 Å². The maximum atomic E-state index is 12.6. The van der Waals surface area contributed by atoms with E-state index in [9.17, 15) is 18.0 Å². The molecule has 2 rings (SSSR count). The Labute approximate surface area is 111 Å². The highest BCUT2D eigenvalue weighted by molar-refractivity contribution is 5.85. The molecule has 0 saturated carbocycles. The summed E-state index contributed by atoms with van der Waals surface area (Å²) < 4.78 is 42.7. The maximum Gasteiger partial charge on any atom is 0.416 e. The molecule has 0 aliphatic carbocycles. The first-order valence-corrected chi connectivity index (χ1v) is 5.63. The van der Waals surface area contributed by atoms with Crippen LogP contribution in [0.15, 0.2) is 28.7 Å². The zero-order valence-corrected chi connectivity index (χ0v) is 10.4. The SMILES string of the molecule is Cc1nc(Cc2cccc(C(F)(F)F)c2)c(C(=O)O)o1. The second-order valence-corrected chi connectivity index (χ2v) is 4.19. The van der Waals surface area contributed by atoms with Gasteiger partial charge in [-0.25, -0.2) is 9.78 Å². The fourth-order valence-corrected chi connectivity index (χ4v) is 1.81. The van der Waals surface area contributed by atoms with Crippen molar-refractivity contribution < 1.29 is 27.5 Å². The summed E-state index contributed by atoms with van der Waals surface area (Å²) in [5.74, 6) is -1.49. The third-order valence-electron chi connectivity index (χ3n) is 2.62. The van der Waals surface area contributed by atoms with Crippen molar-refractivity contribution in [3.8, 4) is 0 Å². The summed E-state index contributed by atoms with van der Waals surface area (Å²) in [6.07, 6.45) is -4.48. The van der Waals surface area contributed by atoms with Crippen molar-refractivity contribution in [1.82, 2.24) is 4.98 Å². The fraction of sp³-hybridized carbons (Fsp3) is 0.231. The van der Waals surface area contributed by atoms with E-state index < -0.39 is 17.7 Å². The average molecular weight is 285 g/mol. The molecule has 0 radical (unpaired) electrons. The lowest BCUT2D eigenvalue weighted by atomic mass is 10.1. The van der Waals surface area contributed by atoms with Gasteiger partial charge in [0, 0.05) is 13.3 Å². The number of carboxylic acid groups (broad SMARTS) is 1. The summed E-state index contributed by atoms with van der Waals surface area (Å²) in [7, 11) is 0. The van der Waals surface area contributed by atoms with Crippen LogP contribution in [0.4, 0.5) is 13.2 Å². The number of hydrogen-bond acceptors (Lipinski definition) is 3. The van der Waals surface area contributed by atoms with Crippen molar-refractivity contribution in [2.45, 2.75) is 19.5 Å². The lowest BCUT2D eigenvalue weighted by molar-refractivity contribution is -0.137. The maximum absolute atomic E-state index is 12.6. The van der Waals surface area contributed by atoms with Crippen LogP contribution in [0.2, 0.25) is 0 Å². The van der Waals surface area contributed by atoms with Crippen molar-refractivity contribution >= 4 is 5.97 Å². The van der Waals surface area contributed by atoms with Crippen LogP contribution in [0.5, 0.6) is 0 Å². The monoisotopic (exact) mass is 285 g/mol. The first kappa shape index (κ1) is 14.1. The molecule has 4 nitrogen and oxygen atoms in total. The van der Waals surface area contributed by atoms with Crippen LogP contribution in [-0.2, 0) is 12.6 Å². The van der Waals surface area contributed by atoms with E-state index in [1.165, 1.54) is 19.1 Å². The number of carbonyl (C=O) groups is 1. The van der Waals surface area contributed by atoms with Gasteiger partial charge in [-0.2, -0.15) is 13.2 Å². The predicted molar refractivity (Wildman–Crippen MR) is 62.4 cm³/mol. The Morgan fingerprint density at radius 2 is 2.10 bits per heavy atom. The van der Waals surface area contributed by atoms with E-state index in [1.54, 1.807) is 0 Å². The Kier molecular flexibility index (Phi) is 3.52. The Morgan fingerprint density at radius 3 is 2.70 bits per heavy atom. The zero-order chi connectivity index (χ0) is 14.9. The lowest BCUT2D eigenvalue weighted by Crippen LogP contribution is -2.06. The minimum atomic E-state index is -4.44. The Balaban J connectivity index is 2.33. The van der Waals surface area contributed by atoms with E-state index in [0.717, 1.165) is 12.1 Å². The van der Waals surface area contributed by atoms with Gasteiger partial charge in [0.15, 0.2) is 5.89 Å². The number of aromatic carboxylic acids is 1. The third-order valence-corrected chi connectivity index (χ3v) is 2.62. The molecular weight excluding hydrogens is 275 g/mol. The minimum absolute atomic E-state index is 0.0388. The van der Waals surface area contributed by atoms with Crippen molar-refractivity contribution in [2.24, 2.45) is 0 Å². The molecule has 7 heteroatoms. The van der Waals surface area contributed by atoms with E-state index >= 15 is 0 Å². The highest BCUT2D eigenvalue weighted by atomic mass is 19.4. The number of rotatable bonds is 3.